The number of esters is 1. The van der Waals surface area contributed by atoms with Crippen molar-refractivity contribution >= 4 is 15.8 Å². The van der Waals surface area contributed by atoms with Crippen LogP contribution in [0.4, 0.5) is 4.39 Å². The maximum atomic E-state index is 13.1. The molecule has 0 aliphatic heterocycles. The first kappa shape index (κ1) is 15.0. The predicted octanol–water partition coefficient (Wildman–Crippen LogP) is 2.26. The molecule has 0 saturated heterocycles. The number of aryl methyl sites for hydroxylation is 1. The Morgan fingerprint density at radius 2 is 2.05 bits per heavy atom. The standard InChI is InChI=1S/C14H17FO4S/c1-9-7-10(3-6-13(9)15)14(16)19-11-4-5-12(8-11)20(2,17)18/h3,6-7,11-12H,4-5,8H2,1-2H3/t11-,12-/m0/s1. The van der Waals surface area contributed by atoms with Gasteiger partial charge in [0.25, 0.3) is 0 Å². The van der Waals surface area contributed by atoms with Crippen LogP contribution in [-0.4, -0.2) is 32.0 Å². The number of ether oxygens (including phenoxy) is 1. The fourth-order valence-electron chi connectivity index (χ4n) is 2.39. The lowest BCUT2D eigenvalue weighted by Gasteiger charge is -2.12. The van der Waals surface area contributed by atoms with E-state index in [-0.39, 0.29) is 17.5 Å². The lowest BCUT2D eigenvalue weighted by molar-refractivity contribution is 0.0318. The second-order valence-corrected chi connectivity index (χ2v) is 7.58. The van der Waals surface area contributed by atoms with Gasteiger partial charge in [0.2, 0.25) is 0 Å². The SMILES string of the molecule is Cc1cc(C(=O)O[C@H]2CC[C@H](S(C)(=O)=O)C2)ccc1F. The number of hydrogen-bond donors (Lipinski definition) is 0. The maximum absolute atomic E-state index is 13.1. The molecule has 0 radical (unpaired) electrons. The molecule has 1 saturated carbocycles. The normalized spacial score (nSPS) is 22.8. The Morgan fingerprint density at radius 1 is 1.35 bits per heavy atom. The van der Waals surface area contributed by atoms with E-state index < -0.39 is 21.1 Å². The molecule has 1 aromatic carbocycles. The van der Waals surface area contributed by atoms with Gasteiger partial charge in [0.05, 0.1) is 10.8 Å². The fourth-order valence-corrected chi connectivity index (χ4v) is 3.52. The van der Waals surface area contributed by atoms with E-state index in [9.17, 15) is 17.6 Å². The third-order valence-electron chi connectivity index (χ3n) is 3.61. The summed E-state index contributed by atoms with van der Waals surface area (Å²) in [6.07, 6.45) is 2.21. The number of sulfone groups is 1. The lowest BCUT2D eigenvalue weighted by atomic mass is 10.1. The van der Waals surface area contributed by atoms with Crippen molar-refractivity contribution < 1.29 is 22.3 Å². The van der Waals surface area contributed by atoms with Gasteiger partial charge >= 0.3 is 5.97 Å². The number of halogens is 1. The molecular weight excluding hydrogens is 283 g/mol. The topological polar surface area (TPSA) is 60.4 Å². The van der Waals surface area contributed by atoms with Gasteiger partial charge in [-0.05, 0) is 43.5 Å². The van der Waals surface area contributed by atoms with Crippen LogP contribution in [0.5, 0.6) is 0 Å². The molecular formula is C14H17FO4S. The van der Waals surface area contributed by atoms with Crippen LogP contribution in [0.25, 0.3) is 0 Å². The smallest absolute Gasteiger partial charge is 0.338 e. The fraction of sp³-hybridized carbons (Fsp3) is 0.500. The summed E-state index contributed by atoms with van der Waals surface area (Å²) in [5, 5.41) is -0.435. The first-order chi connectivity index (χ1) is 9.27. The number of carbonyl (C=O) groups excluding carboxylic acids is 1. The van der Waals surface area contributed by atoms with Crippen molar-refractivity contribution in [2.24, 2.45) is 0 Å². The van der Waals surface area contributed by atoms with Gasteiger partial charge in [-0.1, -0.05) is 0 Å². The number of benzene rings is 1. The van der Waals surface area contributed by atoms with Gasteiger partial charge in [-0.3, -0.25) is 0 Å². The van der Waals surface area contributed by atoms with Crippen LogP contribution in [0.3, 0.4) is 0 Å². The Morgan fingerprint density at radius 3 is 2.60 bits per heavy atom. The summed E-state index contributed by atoms with van der Waals surface area (Å²) >= 11 is 0. The molecule has 0 heterocycles. The average molecular weight is 300 g/mol. The van der Waals surface area contributed by atoms with Gasteiger partial charge in [0, 0.05) is 12.7 Å². The van der Waals surface area contributed by atoms with Crippen molar-refractivity contribution in [1.29, 1.82) is 0 Å². The molecule has 1 aliphatic carbocycles. The van der Waals surface area contributed by atoms with Crippen LogP contribution in [0.15, 0.2) is 18.2 Å². The monoisotopic (exact) mass is 300 g/mol. The molecule has 0 unspecified atom stereocenters. The Kier molecular flexibility index (Phi) is 4.13. The highest BCUT2D eigenvalue weighted by atomic mass is 32.2. The van der Waals surface area contributed by atoms with E-state index in [0.29, 0.717) is 24.8 Å². The Bertz CT molecular complexity index is 624. The molecule has 0 amide bonds. The summed E-state index contributed by atoms with van der Waals surface area (Å²) in [6, 6.07) is 4.02. The van der Waals surface area contributed by atoms with Crippen molar-refractivity contribution in [2.45, 2.75) is 37.5 Å². The molecule has 1 fully saturated rings. The summed E-state index contributed by atoms with van der Waals surface area (Å²) in [6.45, 7) is 1.57. The zero-order valence-corrected chi connectivity index (χ0v) is 12.2. The van der Waals surface area contributed by atoms with Crippen LogP contribution < -0.4 is 0 Å². The zero-order valence-electron chi connectivity index (χ0n) is 11.4. The molecule has 1 aliphatic rings. The predicted molar refractivity (Wildman–Crippen MR) is 72.8 cm³/mol. The lowest BCUT2D eigenvalue weighted by Crippen LogP contribution is -2.20. The number of carbonyl (C=O) groups is 1. The summed E-state index contributed by atoms with van der Waals surface area (Å²) in [5.74, 6) is -0.910. The van der Waals surface area contributed by atoms with E-state index in [2.05, 4.69) is 0 Å². The van der Waals surface area contributed by atoms with E-state index >= 15 is 0 Å². The first-order valence-electron chi connectivity index (χ1n) is 6.43. The van der Waals surface area contributed by atoms with Gasteiger partial charge in [-0.15, -0.1) is 0 Å². The highest BCUT2D eigenvalue weighted by Crippen LogP contribution is 2.28. The third kappa shape index (κ3) is 3.36. The molecule has 110 valence electrons. The Balaban J connectivity index is 2.01. The second-order valence-electron chi connectivity index (χ2n) is 5.26. The summed E-state index contributed by atoms with van der Waals surface area (Å²) in [7, 11) is -3.09. The minimum Gasteiger partial charge on any atom is -0.459 e. The van der Waals surface area contributed by atoms with Crippen molar-refractivity contribution in [1.82, 2.24) is 0 Å². The van der Waals surface area contributed by atoms with Crippen molar-refractivity contribution in [3.63, 3.8) is 0 Å². The molecule has 2 atom stereocenters. The van der Waals surface area contributed by atoms with Crippen LogP contribution in [0.2, 0.25) is 0 Å². The molecule has 0 spiro atoms. The van der Waals surface area contributed by atoms with E-state index in [1.54, 1.807) is 6.92 Å². The molecule has 0 bridgehead atoms. The molecule has 4 nitrogen and oxygen atoms in total. The van der Waals surface area contributed by atoms with Gasteiger partial charge in [0.1, 0.15) is 21.8 Å². The maximum Gasteiger partial charge on any atom is 0.338 e. The van der Waals surface area contributed by atoms with Gasteiger partial charge in [-0.2, -0.15) is 0 Å². The average Bonchev–Trinajstić information content (AvgIpc) is 2.81. The Labute approximate surface area is 117 Å². The van der Waals surface area contributed by atoms with Gasteiger partial charge < -0.3 is 4.74 Å². The van der Waals surface area contributed by atoms with Crippen LogP contribution in [0.1, 0.15) is 35.2 Å². The highest BCUT2D eigenvalue weighted by Gasteiger charge is 2.33. The molecule has 6 heteroatoms. The second kappa shape index (κ2) is 5.52. The van der Waals surface area contributed by atoms with Crippen LogP contribution in [-0.2, 0) is 14.6 Å². The van der Waals surface area contributed by atoms with Gasteiger partial charge in [-0.25, -0.2) is 17.6 Å². The molecule has 0 N–H and O–H groups in total. The van der Waals surface area contributed by atoms with Gasteiger partial charge in [0.15, 0.2) is 0 Å². The van der Waals surface area contributed by atoms with E-state index in [4.69, 9.17) is 4.74 Å². The Hall–Kier alpha value is -1.43. The molecule has 0 aromatic heterocycles. The van der Waals surface area contributed by atoms with Crippen molar-refractivity contribution in [2.75, 3.05) is 6.26 Å². The van der Waals surface area contributed by atoms with Crippen molar-refractivity contribution in [3.05, 3.63) is 35.1 Å². The highest BCUT2D eigenvalue weighted by molar-refractivity contribution is 7.91. The zero-order chi connectivity index (χ0) is 14.9. The summed E-state index contributed by atoms with van der Waals surface area (Å²) in [5.41, 5.74) is 0.659. The minimum atomic E-state index is -3.09. The molecule has 1 aromatic rings. The van der Waals surface area contributed by atoms with Crippen molar-refractivity contribution in [3.8, 4) is 0 Å². The molecule has 2 rings (SSSR count). The summed E-state index contributed by atoms with van der Waals surface area (Å²) in [4.78, 5) is 11.9. The quantitative estimate of drug-likeness (QED) is 0.803. The van der Waals surface area contributed by atoms with Crippen LogP contribution in [0, 0.1) is 12.7 Å². The number of hydrogen-bond acceptors (Lipinski definition) is 4. The molecule has 20 heavy (non-hydrogen) atoms. The van der Waals surface area contributed by atoms with E-state index in [1.165, 1.54) is 24.5 Å². The largest absolute Gasteiger partial charge is 0.459 e. The first-order valence-corrected chi connectivity index (χ1v) is 8.39. The number of rotatable bonds is 3. The van der Waals surface area contributed by atoms with E-state index in [1.807, 2.05) is 0 Å². The minimum absolute atomic E-state index is 0.284. The third-order valence-corrected chi connectivity index (χ3v) is 5.25. The van der Waals surface area contributed by atoms with Crippen LogP contribution >= 0.6 is 0 Å². The summed E-state index contributed by atoms with van der Waals surface area (Å²) < 4.78 is 41.3. The van der Waals surface area contributed by atoms with E-state index in [0.717, 1.165) is 0 Å².